The topological polar surface area (TPSA) is 88.3 Å². The highest BCUT2D eigenvalue weighted by Gasteiger charge is 2.22. The Kier molecular flexibility index (Phi) is 6.42. The van der Waals surface area contributed by atoms with E-state index in [0.29, 0.717) is 5.56 Å². The van der Waals surface area contributed by atoms with Crippen molar-refractivity contribution in [2.45, 2.75) is 19.3 Å². The highest BCUT2D eigenvalue weighted by molar-refractivity contribution is 6.29. The van der Waals surface area contributed by atoms with Crippen LogP contribution in [0.25, 0.3) is 0 Å². The van der Waals surface area contributed by atoms with Gasteiger partial charge in [-0.15, -0.1) is 0 Å². The van der Waals surface area contributed by atoms with Gasteiger partial charge in [0.15, 0.2) is 0 Å². The monoisotopic (exact) mass is 386 g/mol. The molecule has 1 saturated heterocycles. The highest BCUT2D eigenvalue weighted by Crippen LogP contribution is 2.18. The average molecular weight is 387 g/mol. The van der Waals surface area contributed by atoms with E-state index >= 15 is 0 Å². The summed E-state index contributed by atoms with van der Waals surface area (Å²) >= 11 is 5.82. The van der Waals surface area contributed by atoms with Gasteiger partial charge in [-0.1, -0.05) is 23.7 Å². The zero-order valence-corrected chi connectivity index (χ0v) is 15.8. The fraction of sp³-hybridized carbons (Fsp3) is 0.350. The number of pyridine rings is 1. The van der Waals surface area contributed by atoms with Crippen molar-refractivity contribution < 1.29 is 9.59 Å². The molecule has 0 radical (unpaired) electrons. The second-order valence-corrected chi connectivity index (χ2v) is 7.17. The number of piperidine rings is 1. The maximum absolute atomic E-state index is 12.2. The van der Waals surface area contributed by atoms with Crippen LogP contribution in [-0.4, -0.2) is 41.3 Å². The van der Waals surface area contributed by atoms with Gasteiger partial charge in [0, 0.05) is 29.9 Å². The van der Waals surface area contributed by atoms with Crippen LogP contribution >= 0.6 is 11.6 Å². The molecule has 1 aromatic carbocycles. The van der Waals surface area contributed by atoms with Crippen LogP contribution < -0.4 is 11.1 Å². The van der Waals surface area contributed by atoms with E-state index in [4.69, 9.17) is 17.3 Å². The van der Waals surface area contributed by atoms with Gasteiger partial charge in [-0.05, 0) is 62.2 Å². The number of likely N-dealkylation sites (tertiary alicyclic amines) is 1. The van der Waals surface area contributed by atoms with Crippen molar-refractivity contribution in [1.29, 1.82) is 0 Å². The van der Waals surface area contributed by atoms with E-state index in [1.54, 1.807) is 6.07 Å². The summed E-state index contributed by atoms with van der Waals surface area (Å²) in [5.74, 6) is -0.370. The lowest BCUT2D eigenvalue weighted by molar-refractivity contribution is -0.123. The number of amides is 2. The Bertz CT molecular complexity index is 802. The van der Waals surface area contributed by atoms with Crippen molar-refractivity contribution in [3.63, 3.8) is 0 Å². The molecule has 142 valence electrons. The Hall–Kier alpha value is -2.44. The second kappa shape index (κ2) is 8.97. The number of primary amides is 1. The number of rotatable bonds is 6. The molecular formula is C20H23ClN4O2. The summed E-state index contributed by atoms with van der Waals surface area (Å²) in [6, 6.07) is 11.0. The van der Waals surface area contributed by atoms with Crippen LogP contribution in [0, 0.1) is 5.92 Å². The van der Waals surface area contributed by atoms with Crippen LogP contribution in [0.5, 0.6) is 0 Å². The summed E-state index contributed by atoms with van der Waals surface area (Å²) in [7, 11) is 0. The van der Waals surface area contributed by atoms with Crippen molar-refractivity contribution in [1.82, 2.24) is 9.88 Å². The minimum atomic E-state index is -0.218. The van der Waals surface area contributed by atoms with Gasteiger partial charge in [-0.25, -0.2) is 4.98 Å². The quantitative estimate of drug-likeness (QED) is 0.747. The van der Waals surface area contributed by atoms with Crippen LogP contribution in [0.15, 0.2) is 42.6 Å². The number of halogens is 1. The number of anilines is 1. The van der Waals surface area contributed by atoms with Gasteiger partial charge in [-0.2, -0.15) is 0 Å². The smallest absolute Gasteiger partial charge is 0.255 e. The van der Waals surface area contributed by atoms with E-state index in [0.717, 1.165) is 44.6 Å². The fourth-order valence-corrected chi connectivity index (χ4v) is 3.40. The van der Waals surface area contributed by atoms with E-state index in [9.17, 15) is 9.59 Å². The van der Waals surface area contributed by atoms with Gasteiger partial charge in [0.2, 0.25) is 5.91 Å². The number of hydrogen-bond donors (Lipinski definition) is 2. The number of benzene rings is 1. The Morgan fingerprint density at radius 1 is 1.19 bits per heavy atom. The molecule has 0 unspecified atom stereocenters. The third-order valence-corrected chi connectivity index (χ3v) is 5.11. The molecule has 3 rings (SSSR count). The molecular weight excluding hydrogens is 364 g/mol. The third-order valence-electron chi connectivity index (χ3n) is 4.91. The minimum Gasteiger partial charge on any atom is -0.369 e. The molecule has 2 heterocycles. The largest absolute Gasteiger partial charge is 0.369 e. The Labute approximate surface area is 163 Å². The number of aromatic nitrogens is 1. The summed E-state index contributed by atoms with van der Waals surface area (Å²) in [5.41, 5.74) is 7.79. The first-order valence-corrected chi connectivity index (χ1v) is 9.42. The zero-order valence-electron chi connectivity index (χ0n) is 15.0. The van der Waals surface area contributed by atoms with Crippen molar-refractivity contribution >= 4 is 29.1 Å². The lowest BCUT2D eigenvalue weighted by Crippen LogP contribution is -2.39. The van der Waals surface area contributed by atoms with Crippen molar-refractivity contribution in [3.8, 4) is 0 Å². The average Bonchev–Trinajstić information content (AvgIpc) is 2.68. The number of carbonyl (C=O) groups is 2. The van der Waals surface area contributed by atoms with Crippen LogP contribution in [0.3, 0.4) is 0 Å². The minimum absolute atomic E-state index is 0.0272. The predicted octanol–water partition coefficient (Wildman–Crippen LogP) is 2.73. The highest BCUT2D eigenvalue weighted by atomic mass is 35.5. The first-order chi connectivity index (χ1) is 13.0. The van der Waals surface area contributed by atoms with E-state index in [1.165, 1.54) is 17.8 Å². The van der Waals surface area contributed by atoms with Crippen LogP contribution in [0.4, 0.5) is 5.69 Å². The molecule has 7 heteroatoms. The molecule has 1 aliphatic heterocycles. The molecule has 2 aromatic rings. The van der Waals surface area contributed by atoms with Crippen molar-refractivity contribution in [2.24, 2.45) is 11.7 Å². The number of carbonyl (C=O) groups excluding carboxylic acids is 2. The van der Waals surface area contributed by atoms with Gasteiger partial charge < -0.3 is 16.0 Å². The molecule has 3 N–H and O–H groups in total. The number of nitrogens with zero attached hydrogens (tertiary/aromatic N) is 2. The van der Waals surface area contributed by atoms with Crippen molar-refractivity contribution in [3.05, 3.63) is 58.9 Å². The van der Waals surface area contributed by atoms with Gasteiger partial charge in [-0.3, -0.25) is 9.59 Å². The lowest BCUT2D eigenvalue weighted by atomic mass is 9.96. The molecule has 1 fully saturated rings. The van der Waals surface area contributed by atoms with Gasteiger partial charge >= 0.3 is 0 Å². The standard InChI is InChI=1S/C20H23ClN4O2/c21-18-13-16(5-9-23-18)20(27)24-17-3-1-14(2-4-17)6-10-25-11-7-15(8-12-25)19(22)26/h1-5,9,13,15H,6-8,10-12H2,(H2,22,26)(H,24,27). The van der Waals surface area contributed by atoms with E-state index < -0.39 is 0 Å². The Balaban J connectivity index is 1.48. The summed E-state index contributed by atoms with van der Waals surface area (Å²) in [6.45, 7) is 2.78. The summed E-state index contributed by atoms with van der Waals surface area (Å²) in [5, 5.41) is 3.14. The number of hydrogen-bond acceptors (Lipinski definition) is 4. The Morgan fingerprint density at radius 3 is 2.52 bits per heavy atom. The fourth-order valence-electron chi connectivity index (χ4n) is 3.23. The molecule has 0 spiro atoms. The lowest BCUT2D eigenvalue weighted by Gasteiger charge is -2.30. The number of nitrogens with two attached hydrogens (primary N) is 1. The predicted molar refractivity (Wildman–Crippen MR) is 106 cm³/mol. The molecule has 1 aromatic heterocycles. The number of nitrogens with one attached hydrogen (secondary N) is 1. The van der Waals surface area contributed by atoms with Crippen LogP contribution in [-0.2, 0) is 11.2 Å². The SMILES string of the molecule is NC(=O)C1CCN(CCc2ccc(NC(=O)c3ccnc(Cl)c3)cc2)CC1. The molecule has 0 atom stereocenters. The summed E-state index contributed by atoms with van der Waals surface area (Å²) in [4.78, 5) is 29.7. The van der Waals surface area contributed by atoms with Crippen LogP contribution in [0.1, 0.15) is 28.8 Å². The maximum Gasteiger partial charge on any atom is 0.255 e. The normalized spacial score (nSPS) is 15.4. The van der Waals surface area contributed by atoms with E-state index in [-0.39, 0.29) is 22.9 Å². The van der Waals surface area contributed by atoms with Crippen molar-refractivity contribution in [2.75, 3.05) is 25.0 Å². The van der Waals surface area contributed by atoms with E-state index in [2.05, 4.69) is 15.2 Å². The molecule has 1 aliphatic rings. The summed E-state index contributed by atoms with van der Waals surface area (Å²) in [6.07, 6.45) is 4.13. The second-order valence-electron chi connectivity index (χ2n) is 6.79. The summed E-state index contributed by atoms with van der Waals surface area (Å²) < 4.78 is 0. The van der Waals surface area contributed by atoms with Gasteiger partial charge in [0.1, 0.15) is 5.15 Å². The maximum atomic E-state index is 12.2. The molecule has 0 aliphatic carbocycles. The molecule has 6 nitrogen and oxygen atoms in total. The molecule has 27 heavy (non-hydrogen) atoms. The first kappa shape index (κ1) is 19.3. The third kappa shape index (κ3) is 5.52. The molecule has 0 saturated carbocycles. The molecule has 2 amide bonds. The van der Waals surface area contributed by atoms with Gasteiger partial charge in [0.25, 0.3) is 5.91 Å². The zero-order chi connectivity index (χ0) is 19.2. The van der Waals surface area contributed by atoms with E-state index in [1.807, 2.05) is 24.3 Å². The Morgan fingerprint density at radius 2 is 1.89 bits per heavy atom. The van der Waals surface area contributed by atoms with Crippen LogP contribution in [0.2, 0.25) is 5.15 Å². The molecule has 0 bridgehead atoms. The van der Waals surface area contributed by atoms with Gasteiger partial charge in [0.05, 0.1) is 0 Å². The first-order valence-electron chi connectivity index (χ1n) is 9.05.